The molecule has 3 nitrogen and oxygen atoms in total. The summed E-state index contributed by atoms with van der Waals surface area (Å²) in [5.74, 6) is -3.29. The minimum absolute atomic E-state index is 0.241. The van der Waals surface area contributed by atoms with Gasteiger partial charge >= 0.3 is 0 Å². The van der Waals surface area contributed by atoms with E-state index in [1.807, 2.05) is 0 Å². The summed E-state index contributed by atoms with van der Waals surface area (Å²) in [6.07, 6.45) is 0. The van der Waals surface area contributed by atoms with Gasteiger partial charge in [-0.15, -0.1) is 4.91 Å². The summed E-state index contributed by atoms with van der Waals surface area (Å²) in [5, 5.41) is 5.33. The average molecular weight is 305 g/mol. The zero-order valence-corrected chi connectivity index (χ0v) is 10.9. The lowest BCUT2D eigenvalue weighted by molar-refractivity contribution is 0.0392. The van der Waals surface area contributed by atoms with Crippen LogP contribution in [-0.4, -0.2) is 7.05 Å². The first-order valence-electron chi connectivity index (χ1n) is 4.73. The summed E-state index contributed by atoms with van der Waals surface area (Å²) in [6, 6.07) is 2.68. The smallest absolute Gasteiger partial charge is 0.296 e. The maximum atomic E-state index is 13.9. The van der Waals surface area contributed by atoms with Gasteiger partial charge < -0.3 is 5.32 Å². The highest BCUT2D eigenvalue weighted by molar-refractivity contribution is 9.10. The Morgan fingerprint density at radius 3 is 2.53 bits per heavy atom. The molecule has 0 bridgehead atoms. The molecule has 0 spiro atoms. The number of hydrogen-bond donors (Lipinski definition) is 1. The zero-order chi connectivity index (χ0) is 13.2. The summed E-state index contributed by atoms with van der Waals surface area (Å²) >= 11 is 3.11. The van der Waals surface area contributed by atoms with Gasteiger partial charge in [-0.3, -0.25) is 0 Å². The van der Waals surface area contributed by atoms with E-state index in [1.165, 1.54) is 26.1 Å². The minimum Gasteiger partial charge on any atom is -0.386 e. The van der Waals surface area contributed by atoms with Crippen molar-refractivity contribution in [3.63, 3.8) is 0 Å². The van der Waals surface area contributed by atoms with E-state index in [9.17, 15) is 13.7 Å². The van der Waals surface area contributed by atoms with Gasteiger partial charge in [0.15, 0.2) is 0 Å². The third kappa shape index (κ3) is 2.52. The lowest BCUT2D eigenvalue weighted by atomic mass is 10.00. The molecule has 0 heterocycles. The van der Waals surface area contributed by atoms with E-state index in [2.05, 4.69) is 33.0 Å². The molecule has 0 aliphatic heterocycles. The number of nitrogens with zero attached hydrogens (tertiary/aromatic N) is 1. The van der Waals surface area contributed by atoms with Gasteiger partial charge in [0.2, 0.25) is 0 Å². The molecule has 1 aromatic rings. The lowest BCUT2D eigenvalue weighted by Crippen LogP contribution is -2.15. The molecule has 0 unspecified atom stereocenters. The number of nitrogens with one attached hydrogen (secondary N) is 1. The molecular weight excluding hydrogens is 294 g/mol. The third-order valence-electron chi connectivity index (χ3n) is 2.31. The van der Waals surface area contributed by atoms with Gasteiger partial charge in [-0.2, -0.15) is 8.78 Å². The molecule has 17 heavy (non-hydrogen) atoms. The molecule has 0 aromatic heterocycles. The second kappa shape index (κ2) is 4.91. The number of nitroso groups, excluding NO2 is 1. The Labute approximate surface area is 106 Å². The van der Waals surface area contributed by atoms with Gasteiger partial charge in [0.25, 0.3) is 5.92 Å². The first-order valence-corrected chi connectivity index (χ1v) is 5.52. The normalized spacial score (nSPS) is 11.1. The molecule has 1 rings (SSSR count). The molecule has 0 saturated heterocycles. The van der Waals surface area contributed by atoms with Gasteiger partial charge in [0, 0.05) is 11.5 Å². The van der Waals surface area contributed by atoms with Crippen LogP contribution in [0.4, 0.5) is 20.2 Å². The van der Waals surface area contributed by atoms with Crippen LogP contribution in [0.25, 0.3) is 0 Å². The summed E-state index contributed by atoms with van der Waals surface area (Å²) in [6.45, 7) is 4.44. The number of allylic oxidation sites excluding steroid dienone is 1. The SMILES string of the molecule is C=C(C)C(F)(F)c1cc(Br)cc(NC)c1N=O. The van der Waals surface area contributed by atoms with Crippen LogP contribution >= 0.6 is 15.9 Å². The standard InChI is InChI=1S/C11H11BrF2N2O/c1-6(2)11(13,14)8-4-7(12)5-9(15-3)10(8)16-17/h4-5,15H,1H2,2-3H3. The van der Waals surface area contributed by atoms with Crippen LogP contribution in [0.1, 0.15) is 12.5 Å². The van der Waals surface area contributed by atoms with Crippen molar-refractivity contribution in [2.75, 3.05) is 12.4 Å². The molecule has 6 heteroatoms. The Balaban J connectivity index is 3.57. The molecule has 1 N–H and O–H groups in total. The Hall–Kier alpha value is -1.30. The Morgan fingerprint density at radius 2 is 2.12 bits per heavy atom. The van der Waals surface area contributed by atoms with Crippen molar-refractivity contribution in [1.29, 1.82) is 0 Å². The van der Waals surface area contributed by atoms with Crippen molar-refractivity contribution in [2.24, 2.45) is 5.18 Å². The number of anilines is 1. The number of benzene rings is 1. The molecule has 0 atom stereocenters. The largest absolute Gasteiger partial charge is 0.386 e. The van der Waals surface area contributed by atoms with Crippen LogP contribution in [0.15, 0.2) is 33.9 Å². The van der Waals surface area contributed by atoms with E-state index in [-0.39, 0.29) is 16.9 Å². The highest BCUT2D eigenvalue weighted by atomic mass is 79.9. The molecule has 0 amide bonds. The van der Waals surface area contributed by atoms with E-state index in [0.29, 0.717) is 4.47 Å². The van der Waals surface area contributed by atoms with Crippen LogP contribution in [0.2, 0.25) is 0 Å². The highest BCUT2D eigenvalue weighted by Gasteiger charge is 2.36. The number of hydrogen-bond acceptors (Lipinski definition) is 3. The van der Waals surface area contributed by atoms with E-state index in [4.69, 9.17) is 0 Å². The first-order chi connectivity index (χ1) is 7.84. The first kappa shape index (κ1) is 13.8. The predicted octanol–water partition coefficient (Wildman–Crippen LogP) is 4.56. The molecule has 0 fully saturated rings. The van der Waals surface area contributed by atoms with Gasteiger partial charge in [-0.1, -0.05) is 22.5 Å². The van der Waals surface area contributed by atoms with Gasteiger partial charge in [0.1, 0.15) is 5.69 Å². The molecular formula is C11H11BrF2N2O. The van der Waals surface area contributed by atoms with Crippen LogP contribution in [0.3, 0.4) is 0 Å². The van der Waals surface area contributed by atoms with Crippen molar-refractivity contribution in [2.45, 2.75) is 12.8 Å². The number of alkyl halides is 2. The van der Waals surface area contributed by atoms with Crippen LogP contribution in [0.5, 0.6) is 0 Å². The minimum atomic E-state index is -3.29. The molecule has 0 aliphatic rings. The number of halogens is 3. The molecule has 0 aliphatic carbocycles. The van der Waals surface area contributed by atoms with E-state index in [0.717, 1.165) is 0 Å². The van der Waals surface area contributed by atoms with Gasteiger partial charge in [-0.25, -0.2) is 0 Å². The quantitative estimate of drug-likeness (QED) is 0.654. The van der Waals surface area contributed by atoms with E-state index < -0.39 is 11.5 Å². The van der Waals surface area contributed by atoms with Crippen LogP contribution in [-0.2, 0) is 5.92 Å². The fourth-order valence-electron chi connectivity index (χ4n) is 1.36. The molecule has 0 radical (unpaired) electrons. The maximum absolute atomic E-state index is 13.9. The van der Waals surface area contributed by atoms with Crippen molar-refractivity contribution < 1.29 is 8.78 Å². The summed E-state index contributed by atoms with van der Waals surface area (Å²) in [7, 11) is 1.53. The monoisotopic (exact) mass is 304 g/mol. The second-order valence-corrected chi connectivity index (χ2v) is 4.46. The maximum Gasteiger partial charge on any atom is 0.296 e. The summed E-state index contributed by atoms with van der Waals surface area (Å²) < 4.78 is 28.2. The Bertz CT molecular complexity index is 475. The van der Waals surface area contributed by atoms with Gasteiger partial charge in [0.05, 0.1) is 11.3 Å². The Morgan fingerprint density at radius 1 is 1.53 bits per heavy atom. The fourth-order valence-corrected chi connectivity index (χ4v) is 1.82. The summed E-state index contributed by atoms with van der Waals surface area (Å²) in [5.41, 5.74) is -0.865. The van der Waals surface area contributed by atoms with Gasteiger partial charge in [-0.05, 0) is 29.8 Å². The molecule has 0 saturated carbocycles. The second-order valence-electron chi connectivity index (χ2n) is 3.55. The van der Waals surface area contributed by atoms with E-state index >= 15 is 0 Å². The van der Waals surface area contributed by atoms with Crippen LogP contribution < -0.4 is 5.32 Å². The lowest BCUT2D eigenvalue weighted by Gasteiger charge is -2.19. The molecule has 92 valence electrons. The van der Waals surface area contributed by atoms with Crippen molar-refractivity contribution >= 4 is 27.3 Å². The fraction of sp³-hybridized carbons (Fsp3) is 0.273. The van der Waals surface area contributed by atoms with Crippen molar-refractivity contribution in [1.82, 2.24) is 0 Å². The van der Waals surface area contributed by atoms with Crippen LogP contribution in [0, 0.1) is 4.91 Å². The van der Waals surface area contributed by atoms with E-state index in [1.54, 1.807) is 0 Å². The number of rotatable bonds is 4. The average Bonchev–Trinajstić information content (AvgIpc) is 2.27. The van der Waals surface area contributed by atoms with Crippen molar-refractivity contribution in [3.8, 4) is 0 Å². The molecule has 1 aromatic carbocycles. The highest BCUT2D eigenvalue weighted by Crippen LogP contribution is 2.44. The topological polar surface area (TPSA) is 41.5 Å². The van der Waals surface area contributed by atoms with Crippen molar-refractivity contribution in [3.05, 3.63) is 39.2 Å². The predicted molar refractivity (Wildman–Crippen MR) is 67.9 cm³/mol. The summed E-state index contributed by atoms with van der Waals surface area (Å²) in [4.78, 5) is 10.7. The Kier molecular flexibility index (Phi) is 3.98. The zero-order valence-electron chi connectivity index (χ0n) is 9.35. The third-order valence-corrected chi connectivity index (χ3v) is 2.77.